The summed E-state index contributed by atoms with van der Waals surface area (Å²) in [6.45, 7) is 3.93. The summed E-state index contributed by atoms with van der Waals surface area (Å²) in [7, 11) is 4.08. The van der Waals surface area contributed by atoms with Crippen LogP contribution in [0.25, 0.3) is 0 Å². The molecule has 0 saturated carbocycles. The first-order valence-electron chi connectivity index (χ1n) is 6.03. The molecule has 0 bridgehead atoms. The number of hydrogen-bond donors (Lipinski definition) is 1. The van der Waals surface area contributed by atoms with Crippen LogP contribution in [0.4, 0.5) is 5.69 Å². The summed E-state index contributed by atoms with van der Waals surface area (Å²) in [6.07, 6.45) is 0. The lowest BCUT2D eigenvalue weighted by Crippen LogP contribution is -2.18. The SMILES string of the molecule is CNCc1ccc(N(C)Cc2cscn2)c(C)c1. The minimum atomic E-state index is 0.857. The third kappa shape index (κ3) is 3.09. The van der Waals surface area contributed by atoms with Gasteiger partial charge in [-0.1, -0.05) is 12.1 Å². The number of nitrogens with one attached hydrogen (secondary N) is 1. The fourth-order valence-electron chi connectivity index (χ4n) is 2.10. The predicted octanol–water partition coefficient (Wildman–Crippen LogP) is 2.81. The number of rotatable bonds is 5. The summed E-state index contributed by atoms with van der Waals surface area (Å²) < 4.78 is 0. The van der Waals surface area contributed by atoms with Gasteiger partial charge < -0.3 is 10.2 Å². The van der Waals surface area contributed by atoms with Gasteiger partial charge >= 0.3 is 0 Å². The van der Waals surface area contributed by atoms with E-state index in [4.69, 9.17) is 0 Å². The maximum Gasteiger partial charge on any atom is 0.0795 e. The fraction of sp³-hybridized carbons (Fsp3) is 0.357. The first kappa shape index (κ1) is 13.1. The van der Waals surface area contributed by atoms with Crippen molar-refractivity contribution in [1.29, 1.82) is 0 Å². The van der Waals surface area contributed by atoms with Crippen LogP contribution in [0.1, 0.15) is 16.8 Å². The summed E-state index contributed by atoms with van der Waals surface area (Å²) in [6, 6.07) is 6.61. The molecule has 0 aliphatic heterocycles. The molecule has 1 aromatic heterocycles. The van der Waals surface area contributed by atoms with Crippen LogP contribution in [0.5, 0.6) is 0 Å². The number of nitrogens with zero attached hydrogens (tertiary/aromatic N) is 2. The van der Waals surface area contributed by atoms with E-state index < -0.39 is 0 Å². The van der Waals surface area contributed by atoms with Crippen LogP contribution < -0.4 is 10.2 Å². The van der Waals surface area contributed by atoms with Crippen LogP contribution in [0.2, 0.25) is 0 Å². The van der Waals surface area contributed by atoms with Crippen LogP contribution in [0.3, 0.4) is 0 Å². The molecule has 0 saturated heterocycles. The molecule has 0 spiro atoms. The van der Waals surface area contributed by atoms with Crippen molar-refractivity contribution >= 4 is 17.0 Å². The van der Waals surface area contributed by atoms with Gasteiger partial charge in [0.15, 0.2) is 0 Å². The van der Waals surface area contributed by atoms with E-state index in [1.165, 1.54) is 16.8 Å². The largest absolute Gasteiger partial charge is 0.368 e. The normalized spacial score (nSPS) is 10.6. The summed E-state index contributed by atoms with van der Waals surface area (Å²) in [5, 5.41) is 5.27. The zero-order valence-electron chi connectivity index (χ0n) is 11.1. The number of aryl methyl sites for hydroxylation is 1. The Labute approximate surface area is 112 Å². The van der Waals surface area contributed by atoms with Gasteiger partial charge in [0.25, 0.3) is 0 Å². The molecule has 96 valence electrons. The number of thiazole rings is 1. The highest BCUT2D eigenvalue weighted by Gasteiger charge is 2.07. The molecule has 1 heterocycles. The lowest BCUT2D eigenvalue weighted by atomic mass is 10.1. The second kappa shape index (κ2) is 5.98. The predicted molar refractivity (Wildman–Crippen MR) is 78.2 cm³/mol. The Bertz CT molecular complexity index is 494. The van der Waals surface area contributed by atoms with Gasteiger partial charge in [0.1, 0.15) is 0 Å². The Hall–Kier alpha value is -1.39. The summed E-state index contributed by atoms with van der Waals surface area (Å²) in [5.41, 5.74) is 6.90. The van der Waals surface area contributed by atoms with Crippen molar-refractivity contribution in [2.24, 2.45) is 0 Å². The Morgan fingerprint density at radius 3 is 2.83 bits per heavy atom. The molecule has 4 heteroatoms. The number of hydrogen-bond acceptors (Lipinski definition) is 4. The highest BCUT2D eigenvalue weighted by Crippen LogP contribution is 2.21. The second-order valence-electron chi connectivity index (χ2n) is 4.49. The van der Waals surface area contributed by atoms with E-state index >= 15 is 0 Å². The van der Waals surface area contributed by atoms with Gasteiger partial charge in [-0.25, -0.2) is 4.98 Å². The zero-order chi connectivity index (χ0) is 13.0. The maximum atomic E-state index is 4.33. The van der Waals surface area contributed by atoms with E-state index in [9.17, 15) is 0 Å². The monoisotopic (exact) mass is 261 g/mol. The van der Waals surface area contributed by atoms with E-state index in [2.05, 4.69) is 52.8 Å². The van der Waals surface area contributed by atoms with Crippen LogP contribution in [-0.4, -0.2) is 19.1 Å². The van der Waals surface area contributed by atoms with E-state index in [0.717, 1.165) is 18.8 Å². The van der Waals surface area contributed by atoms with E-state index in [-0.39, 0.29) is 0 Å². The van der Waals surface area contributed by atoms with Crippen molar-refractivity contribution in [3.63, 3.8) is 0 Å². The average molecular weight is 261 g/mol. The molecule has 0 radical (unpaired) electrons. The molecule has 0 amide bonds. The maximum absolute atomic E-state index is 4.33. The topological polar surface area (TPSA) is 28.2 Å². The van der Waals surface area contributed by atoms with Crippen molar-refractivity contribution in [3.05, 3.63) is 45.9 Å². The Morgan fingerprint density at radius 2 is 2.22 bits per heavy atom. The Balaban J connectivity index is 2.12. The molecule has 18 heavy (non-hydrogen) atoms. The standard InChI is InChI=1S/C14H19N3S/c1-11-6-12(7-15-2)4-5-14(11)17(3)8-13-9-18-10-16-13/h4-6,9-10,15H,7-8H2,1-3H3. The third-order valence-corrected chi connectivity index (χ3v) is 3.57. The number of anilines is 1. The van der Waals surface area contributed by atoms with Crippen LogP contribution in [0.15, 0.2) is 29.1 Å². The van der Waals surface area contributed by atoms with Crippen LogP contribution in [-0.2, 0) is 13.1 Å². The molecule has 1 N–H and O–H groups in total. The molecule has 0 aliphatic carbocycles. The molecule has 2 rings (SSSR count). The van der Waals surface area contributed by atoms with Crippen molar-refractivity contribution < 1.29 is 0 Å². The smallest absolute Gasteiger partial charge is 0.0795 e. The van der Waals surface area contributed by atoms with E-state index in [0.29, 0.717) is 0 Å². The van der Waals surface area contributed by atoms with Crippen molar-refractivity contribution in [1.82, 2.24) is 10.3 Å². The first-order chi connectivity index (χ1) is 8.70. The molecule has 3 nitrogen and oxygen atoms in total. The molecule has 0 aliphatic rings. The lowest BCUT2D eigenvalue weighted by Gasteiger charge is -2.21. The van der Waals surface area contributed by atoms with Gasteiger partial charge in [0.2, 0.25) is 0 Å². The lowest BCUT2D eigenvalue weighted by molar-refractivity contribution is 0.815. The molecule has 2 aromatic rings. The van der Waals surface area contributed by atoms with Crippen LogP contribution >= 0.6 is 11.3 Å². The molecular formula is C14H19N3S. The number of benzene rings is 1. The first-order valence-corrected chi connectivity index (χ1v) is 6.97. The minimum Gasteiger partial charge on any atom is -0.368 e. The summed E-state index contributed by atoms with van der Waals surface area (Å²) >= 11 is 1.64. The van der Waals surface area contributed by atoms with Crippen molar-refractivity contribution in [2.45, 2.75) is 20.0 Å². The summed E-state index contributed by atoms with van der Waals surface area (Å²) in [5.74, 6) is 0. The Morgan fingerprint density at radius 1 is 1.39 bits per heavy atom. The third-order valence-electron chi connectivity index (χ3n) is 2.94. The molecule has 1 aromatic carbocycles. The minimum absolute atomic E-state index is 0.857. The van der Waals surface area contributed by atoms with Gasteiger partial charge in [-0.15, -0.1) is 11.3 Å². The number of aromatic nitrogens is 1. The van der Waals surface area contributed by atoms with Crippen LogP contribution in [0, 0.1) is 6.92 Å². The quantitative estimate of drug-likeness (QED) is 0.897. The molecular weight excluding hydrogens is 242 g/mol. The Kier molecular flexibility index (Phi) is 4.33. The van der Waals surface area contributed by atoms with Gasteiger partial charge in [-0.2, -0.15) is 0 Å². The average Bonchev–Trinajstić information content (AvgIpc) is 2.82. The summed E-state index contributed by atoms with van der Waals surface area (Å²) in [4.78, 5) is 6.57. The fourth-order valence-corrected chi connectivity index (χ4v) is 2.65. The second-order valence-corrected chi connectivity index (χ2v) is 5.21. The van der Waals surface area contributed by atoms with Crippen molar-refractivity contribution in [3.8, 4) is 0 Å². The van der Waals surface area contributed by atoms with Gasteiger partial charge in [-0.05, 0) is 31.2 Å². The van der Waals surface area contributed by atoms with Gasteiger partial charge in [-0.3, -0.25) is 0 Å². The van der Waals surface area contributed by atoms with E-state index in [1.807, 2.05) is 12.6 Å². The molecule has 0 fully saturated rings. The van der Waals surface area contributed by atoms with Gasteiger partial charge in [0, 0.05) is 24.7 Å². The van der Waals surface area contributed by atoms with Crippen molar-refractivity contribution in [2.75, 3.05) is 19.0 Å². The molecule has 0 atom stereocenters. The molecule has 0 unspecified atom stereocenters. The van der Waals surface area contributed by atoms with E-state index in [1.54, 1.807) is 11.3 Å². The van der Waals surface area contributed by atoms with Gasteiger partial charge in [0.05, 0.1) is 17.7 Å². The zero-order valence-corrected chi connectivity index (χ0v) is 11.9. The highest BCUT2D eigenvalue weighted by atomic mass is 32.1. The highest BCUT2D eigenvalue weighted by molar-refractivity contribution is 7.07.